The van der Waals surface area contributed by atoms with Gasteiger partial charge in [-0.2, -0.15) is 0 Å². The topological polar surface area (TPSA) is 237 Å². The molecule has 0 bridgehead atoms. The van der Waals surface area contributed by atoms with Crippen molar-refractivity contribution < 1.29 is 80.2 Å². The van der Waals surface area contributed by atoms with Crippen molar-refractivity contribution in [2.24, 2.45) is 5.92 Å². The van der Waals surface area contributed by atoms with Crippen LogP contribution in [0.2, 0.25) is 0 Å². The first-order valence-corrected chi connectivity index (χ1v) is 38.6. The molecule has 0 heterocycles. The highest BCUT2D eigenvalue weighted by molar-refractivity contribution is 7.47. The van der Waals surface area contributed by atoms with E-state index >= 15 is 0 Å². The van der Waals surface area contributed by atoms with Gasteiger partial charge in [-0.05, 0) is 31.6 Å². The lowest BCUT2D eigenvalue weighted by molar-refractivity contribution is -0.161. The Labute approximate surface area is 530 Å². The molecule has 0 aliphatic heterocycles. The second kappa shape index (κ2) is 61.6. The van der Waals surface area contributed by atoms with E-state index in [2.05, 4.69) is 34.6 Å². The van der Waals surface area contributed by atoms with Crippen molar-refractivity contribution in [1.82, 2.24) is 0 Å². The van der Waals surface area contributed by atoms with E-state index < -0.39 is 97.5 Å². The molecule has 0 rings (SSSR count). The van der Waals surface area contributed by atoms with Crippen molar-refractivity contribution in [1.29, 1.82) is 0 Å². The molecule has 0 saturated carbocycles. The molecule has 19 heteroatoms. The third kappa shape index (κ3) is 62.6. The number of ether oxygens (including phenoxy) is 4. The summed E-state index contributed by atoms with van der Waals surface area (Å²) < 4.78 is 68.0. The molecule has 17 nitrogen and oxygen atoms in total. The lowest BCUT2D eigenvalue weighted by atomic mass is 10.0. The summed E-state index contributed by atoms with van der Waals surface area (Å²) in [4.78, 5) is 72.2. The van der Waals surface area contributed by atoms with Crippen LogP contribution in [0.5, 0.6) is 0 Å². The molecule has 0 radical (unpaired) electrons. The number of rotatable bonds is 68. The van der Waals surface area contributed by atoms with Gasteiger partial charge >= 0.3 is 39.5 Å². The number of carbonyl (C=O) groups excluding carboxylic acids is 4. The monoisotopic (exact) mass is 1280 g/mol. The van der Waals surface area contributed by atoms with Crippen molar-refractivity contribution >= 4 is 39.5 Å². The van der Waals surface area contributed by atoms with Gasteiger partial charge in [0, 0.05) is 25.7 Å². The fraction of sp³-hybridized carbons (Fsp3) is 0.941. The van der Waals surface area contributed by atoms with Gasteiger partial charge in [0.05, 0.1) is 26.4 Å². The molecule has 0 aliphatic rings. The average Bonchev–Trinajstić information content (AvgIpc) is 3.71. The van der Waals surface area contributed by atoms with E-state index in [-0.39, 0.29) is 25.7 Å². The molecule has 0 saturated heterocycles. The predicted molar refractivity (Wildman–Crippen MR) is 349 cm³/mol. The number of aliphatic hydroxyl groups excluding tert-OH is 1. The molecule has 0 aromatic carbocycles. The number of phosphoric acid groups is 2. The minimum absolute atomic E-state index is 0.105. The summed E-state index contributed by atoms with van der Waals surface area (Å²) in [5.74, 6) is -1.39. The Morgan fingerprint density at radius 3 is 0.782 bits per heavy atom. The van der Waals surface area contributed by atoms with E-state index in [1.54, 1.807) is 0 Å². The van der Waals surface area contributed by atoms with Crippen LogP contribution in [0.3, 0.4) is 0 Å². The molecule has 87 heavy (non-hydrogen) atoms. The predicted octanol–water partition coefficient (Wildman–Crippen LogP) is 19.4. The van der Waals surface area contributed by atoms with Gasteiger partial charge < -0.3 is 33.8 Å². The minimum atomic E-state index is -4.95. The van der Waals surface area contributed by atoms with Crippen LogP contribution in [0, 0.1) is 5.92 Å². The maximum atomic E-state index is 13.0. The molecular formula is C68H132O17P2. The number of phosphoric ester groups is 2. The van der Waals surface area contributed by atoms with E-state index in [0.29, 0.717) is 25.7 Å². The molecule has 0 aromatic heterocycles. The Morgan fingerprint density at radius 1 is 0.310 bits per heavy atom. The number of unbranched alkanes of at least 4 members (excludes halogenated alkanes) is 40. The zero-order valence-electron chi connectivity index (χ0n) is 56.2. The highest BCUT2D eigenvalue weighted by atomic mass is 31.2. The first-order chi connectivity index (χ1) is 42.0. The molecule has 0 fully saturated rings. The average molecular weight is 1280 g/mol. The van der Waals surface area contributed by atoms with Gasteiger partial charge in [-0.15, -0.1) is 0 Å². The summed E-state index contributed by atoms with van der Waals surface area (Å²) in [5, 5.41) is 10.5. The number of esters is 4. The Morgan fingerprint density at radius 2 is 0.529 bits per heavy atom. The van der Waals surface area contributed by atoms with Crippen LogP contribution in [0.15, 0.2) is 0 Å². The largest absolute Gasteiger partial charge is 0.472 e. The van der Waals surface area contributed by atoms with Crippen LogP contribution in [-0.2, 0) is 65.4 Å². The van der Waals surface area contributed by atoms with E-state index in [1.165, 1.54) is 161 Å². The van der Waals surface area contributed by atoms with Gasteiger partial charge in [-0.25, -0.2) is 9.13 Å². The standard InChI is InChI=1S/C68H132O17P2/c1-6-9-12-15-18-21-22-23-24-25-26-27-28-29-30-33-39-44-49-54-68(73)85-64(58-79-66(71)52-47-42-38-34-31-32-35-40-45-50-61(4)5)60-83-87(76,77)81-56-62(69)55-80-86(74,75)82-59-63(84-67(72)53-48-43-37-20-17-14-11-8-3)57-78-65(70)51-46-41-36-19-16-13-10-7-2/h61-64,69H,6-60H2,1-5H3,(H,74,75)(H,76,77)/t62-,63+,64+/m0/s1. The van der Waals surface area contributed by atoms with Crippen LogP contribution in [0.25, 0.3) is 0 Å². The fourth-order valence-electron chi connectivity index (χ4n) is 10.3. The SMILES string of the molecule is CCCCCCCCCCCCCCCCCCCCCC(=O)O[C@H](COC(=O)CCCCCCCCCCCC(C)C)COP(=O)(O)OC[C@@H](O)COP(=O)(O)OC[C@@H](COC(=O)CCCCCCCCCC)OC(=O)CCCCCCCCCC. The molecule has 0 spiro atoms. The number of hydrogen-bond donors (Lipinski definition) is 3. The van der Waals surface area contributed by atoms with Crippen molar-refractivity contribution in [2.45, 2.75) is 368 Å². The van der Waals surface area contributed by atoms with Crippen LogP contribution in [0.1, 0.15) is 349 Å². The number of hydrogen-bond acceptors (Lipinski definition) is 15. The molecule has 2 unspecified atom stereocenters. The third-order valence-electron chi connectivity index (χ3n) is 15.8. The van der Waals surface area contributed by atoms with Crippen LogP contribution >= 0.6 is 15.6 Å². The van der Waals surface area contributed by atoms with Gasteiger partial charge in [-0.1, -0.05) is 298 Å². The maximum absolute atomic E-state index is 13.0. The van der Waals surface area contributed by atoms with E-state index in [9.17, 15) is 43.2 Å². The van der Waals surface area contributed by atoms with Crippen molar-refractivity contribution in [3.63, 3.8) is 0 Å². The number of carbonyl (C=O) groups is 4. The molecule has 5 atom stereocenters. The Hall–Kier alpha value is -1.94. The van der Waals surface area contributed by atoms with Crippen molar-refractivity contribution in [3.05, 3.63) is 0 Å². The van der Waals surface area contributed by atoms with Crippen molar-refractivity contribution in [2.75, 3.05) is 39.6 Å². The Bertz CT molecular complexity index is 1690. The summed E-state index contributed by atoms with van der Waals surface area (Å²) in [6.45, 7) is 7.16. The Balaban J connectivity index is 5.16. The molecular weight excluding hydrogens is 1150 g/mol. The highest BCUT2D eigenvalue weighted by Crippen LogP contribution is 2.45. The second-order valence-electron chi connectivity index (χ2n) is 25.0. The zero-order valence-corrected chi connectivity index (χ0v) is 57.9. The van der Waals surface area contributed by atoms with Gasteiger partial charge in [0.25, 0.3) is 0 Å². The summed E-state index contributed by atoms with van der Waals surface area (Å²) in [6, 6.07) is 0. The van der Waals surface area contributed by atoms with Crippen LogP contribution < -0.4 is 0 Å². The molecule has 3 N–H and O–H groups in total. The minimum Gasteiger partial charge on any atom is -0.462 e. The molecule has 0 amide bonds. The van der Waals surface area contributed by atoms with Crippen molar-refractivity contribution in [3.8, 4) is 0 Å². The van der Waals surface area contributed by atoms with Gasteiger partial charge in [0.2, 0.25) is 0 Å². The summed E-state index contributed by atoms with van der Waals surface area (Å²) >= 11 is 0. The lowest BCUT2D eigenvalue weighted by Gasteiger charge is -2.21. The molecule has 0 aliphatic carbocycles. The molecule has 516 valence electrons. The van der Waals surface area contributed by atoms with Gasteiger partial charge in [0.15, 0.2) is 12.2 Å². The van der Waals surface area contributed by atoms with Crippen LogP contribution in [0.4, 0.5) is 0 Å². The second-order valence-corrected chi connectivity index (χ2v) is 27.9. The lowest BCUT2D eigenvalue weighted by Crippen LogP contribution is -2.30. The quantitative estimate of drug-likeness (QED) is 0.0222. The normalized spacial score (nSPS) is 14.1. The zero-order chi connectivity index (χ0) is 64.2. The molecule has 0 aromatic rings. The fourth-order valence-corrected chi connectivity index (χ4v) is 11.9. The summed E-state index contributed by atoms with van der Waals surface area (Å²) in [6.07, 6.45) is 47.4. The summed E-state index contributed by atoms with van der Waals surface area (Å²) in [7, 11) is -9.89. The summed E-state index contributed by atoms with van der Waals surface area (Å²) in [5.41, 5.74) is 0. The van der Waals surface area contributed by atoms with E-state index in [1.807, 2.05) is 0 Å². The van der Waals surface area contributed by atoms with E-state index in [4.69, 9.17) is 37.0 Å². The first-order valence-electron chi connectivity index (χ1n) is 35.6. The maximum Gasteiger partial charge on any atom is 0.472 e. The van der Waals surface area contributed by atoms with Gasteiger partial charge in [0.1, 0.15) is 19.3 Å². The first kappa shape index (κ1) is 85.1. The Kier molecular flexibility index (Phi) is 60.2. The highest BCUT2D eigenvalue weighted by Gasteiger charge is 2.30. The van der Waals surface area contributed by atoms with Crippen LogP contribution in [-0.4, -0.2) is 96.7 Å². The van der Waals surface area contributed by atoms with E-state index in [0.717, 1.165) is 109 Å². The number of aliphatic hydroxyl groups is 1. The van der Waals surface area contributed by atoms with Gasteiger partial charge in [-0.3, -0.25) is 37.3 Å². The third-order valence-corrected chi connectivity index (χ3v) is 17.7. The smallest absolute Gasteiger partial charge is 0.462 e.